The summed E-state index contributed by atoms with van der Waals surface area (Å²) in [5, 5.41) is 0.527. The Kier molecular flexibility index (Phi) is 5.64. The second-order valence-electron chi connectivity index (χ2n) is 5.49. The Morgan fingerprint density at radius 1 is 1.12 bits per heavy atom. The predicted octanol–water partition coefficient (Wildman–Crippen LogP) is 3.59. The maximum atomic E-state index is 12.5. The van der Waals surface area contributed by atoms with Gasteiger partial charge in [-0.3, -0.25) is 0 Å². The van der Waals surface area contributed by atoms with Crippen LogP contribution in [0.15, 0.2) is 53.4 Å². The first kappa shape index (κ1) is 18.4. The van der Waals surface area contributed by atoms with E-state index in [1.807, 2.05) is 0 Å². The number of carbonyl (C=O) groups is 1. The lowest BCUT2D eigenvalue weighted by Gasteiger charge is -2.21. The zero-order valence-corrected chi connectivity index (χ0v) is 15.1. The molecule has 5 nitrogen and oxygen atoms in total. The molecular weight excluding hydrogens is 350 g/mol. The molecule has 128 valence electrons. The summed E-state index contributed by atoms with van der Waals surface area (Å²) >= 11 is 5.78. The maximum Gasteiger partial charge on any atom is 0.343 e. The van der Waals surface area contributed by atoms with Crippen LogP contribution in [0.5, 0.6) is 5.75 Å². The summed E-state index contributed by atoms with van der Waals surface area (Å²) in [5.74, 6) is -0.307. The average Bonchev–Trinajstić information content (AvgIpc) is 2.56. The SMILES string of the molecule is CC(C)N(C)S(=O)(=O)c1cccc(C(=O)Oc2ccc(Cl)cc2)c1. The Bertz CT molecular complexity index is 832. The zero-order chi connectivity index (χ0) is 17.9. The van der Waals surface area contributed by atoms with Gasteiger partial charge in [-0.2, -0.15) is 4.31 Å². The van der Waals surface area contributed by atoms with Gasteiger partial charge in [0.15, 0.2) is 0 Å². The lowest BCUT2D eigenvalue weighted by Crippen LogP contribution is -2.33. The van der Waals surface area contributed by atoms with Gasteiger partial charge in [0.05, 0.1) is 10.5 Å². The molecule has 0 aliphatic carbocycles. The van der Waals surface area contributed by atoms with Crippen LogP contribution in [0.4, 0.5) is 0 Å². The Labute approximate surface area is 146 Å². The standard InChI is InChI=1S/C17H18ClNO4S/c1-12(2)19(3)24(21,22)16-6-4-5-13(11-16)17(20)23-15-9-7-14(18)8-10-15/h4-12H,1-3H3. The Morgan fingerprint density at radius 2 is 1.75 bits per heavy atom. The average molecular weight is 368 g/mol. The molecule has 0 fully saturated rings. The van der Waals surface area contributed by atoms with Gasteiger partial charge in [0.1, 0.15) is 5.75 Å². The Balaban J connectivity index is 2.27. The fraction of sp³-hybridized carbons (Fsp3) is 0.235. The number of carbonyl (C=O) groups excluding carboxylic acids is 1. The van der Waals surface area contributed by atoms with Crippen molar-refractivity contribution in [1.29, 1.82) is 0 Å². The summed E-state index contributed by atoms with van der Waals surface area (Å²) < 4.78 is 31.5. The van der Waals surface area contributed by atoms with E-state index in [9.17, 15) is 13.2 Å². The highest BCUT2D eigenvalue weighted by Crippen LogP contribution is 2.20. The molecule has 0 heterocycles. The van der Waals surface area contributed by atoms with Gasteiger partial charge >= 0.3 is 5.97 Å². The first-order chi connectivity index (χ1) is 11.2. The smallest absolute Gasteiger partial charge is 0.343 e. The second kappa shape index (κ2) is 7.34. The van der Waals surface area contributed by atoms with Crippen molar-refractivity contribution in [2.24, 2.45) is 0 Å². The van der Waals surface area contributed by atoms with E-state index in [0.717, 1.165) is 0 Å². The van der Waals surface area contributed by atoms with Crippen LogP contribution in [0, 0.1) is 0 Å². The molecule has 24 heavy (non-hydrogen) atoms. The third-order valence-electron chi connectivity index (χ3n) is 3.50. The van der Waals surface area contributed by atoms with Crippen LogP contribution >= 0.6 is 11.6 Å². The van der Waals surface area contributed by atoms with E-state index in [2.05, 4.69) is 0 Å². The van der Waals surface area contributed by atoms with Gasteiger partial charge in [0.25, 0.3) is 0 Å². The molecule has 0 saturated carbocycles. The summed E-state index contributed by atoms with van der Waals surface area (Å²) in [4.78, 5) is 12.3. The van der Waals surface area contributed by atoms with Crippen molar-refractivity contribution >= 4 is 27.6 Å². The van der Waals surface area contributed by atoms with Crippen LogP contribution in [0.3, 0.4) is 0 Å². The molecule has 0 amide bonds. The molecule has 0 unspecified atom stereocenters. The largest absolute Gasteiger partial charge is 0.423 e. The Morgan fingerprint density at radius 3 is 2.33 bits per heavy atom. The number of esters is 1. The number of sulfonamides is 1. The number of hydrogen-bond acceptors (Lipinski definition) is 4. The molecule has 0 aliphatic heterocycles. The van der Waals surface area contributed by atoms with E-state index >= 15 is 0 Å². The molecule has 2 aromatic rings. The molecule has 0 spiro atoms. The molecule has 0 atom stereocenters. The van der Waals surface area contributed by atoms with Crippen molar-refractivity contribution in [1.82, 2.24) is 4.31 Å². The molecule has 0 saturated heterocycles. The minimum atomic E-state index is -3.66. The number of nitrogens with zero attached hydrogens (tertiary/aromatic N) is 1. The lowest BCUT2D eigenvalue weighted by atomic mass is 10.2. The summed E-state index contributed by atoms with van der Waals surface area (Å²) in [6.45, 7) is 3.55. The molecule has 7 heteroatoms. The van der Waals surface area contributed by atoms with Crippen molar-refractivity contribution in [2.45, 2.75) is 24.8 Å². The van der Waals surface area contributed by atoms with Gasteiger partial charge in [-0.05, 0) is 56.3 Å². The van der Waals surface area contributed by atoms with Gasteiger partial charge in [-0.15, -0.1) is 0 Å². The number of halogens is 1. The minimum Gasteiger partial charge on any atom is -0.423 e. The first-order valence-corrected chi connectivity index (χ1v) is 9.09. The number of benzene rings is 2. The second-order valence-corrected chi connectivity index (χ2v) is 7.92. The van der Waals surface area contributed by atoms with Crippen molar-refractivity contribution < 1.29 is 17.9 Å². The fourth-order valence-corrected chi connectivity index (χ4v) is 3.44. The maximum absolute atomic E-state index is 12.5. The van der Waals surface area contributed by atoms with E-state index in [0.29, 0.717) is 10.8 Å². The topological polar surface area (TPSA) is 63.7 Å². The van der Waals surface area contributed by atoms with Crippen molar-refractivity contribution in [2.75, 3.05) is 7.05 Å². The third-order valence-corrected chi connectivity index (χ3v) is 5.78. The molecule has 2 rings (SSSR count). The van der Waals surface area contributed by atoms with Gasteiger partial charge in [-0.1, -0.05) is 17.7 Å². The number of ether oxygens (including phenoxy) is 1. The van der Waals surface area contributed by atoms with Crippen molar-refractivity contribution in [3.8, 4) is 5.75 Å². The molecule has 0 N–H and O–H groups in total. The van der Waals surface area contributed by atoms with Gasteiger partial charge < -0.3 is 4.74 Å². The highest BCUT2D eigenvalue weighted by atomic mass is 35.5. The van der Waals surface area contributed by atoms with Crippen LogP contribution in [0.25, 0.3) is 0 Å². The molecule has 0 radical (unpaired) electrons. The van der Waals surface area contributed by atoms with E-state index in [1.165, 1.54) is 35.6 Å². The van der Waals surface area contributed by atoms with Crippen molar-refractivity contribution in [3.05, 3.63) is 59.1 Å². The fourth-order valence-electron chi connectivity index (χ4n) is 1.90. The van der Waals surface area contributed by atoms with Crippen LogP contribution < -0.4 is 4.74 Å². The molecule has 0 aliphatic rings. The zero-order valence-electron chi connectivity index (χ0n) is 13.6. The summed E-state index contributed by atoms with van der Waals surface area (Å²) in [6.07, 6.45) is 0. The van der Waals surface area contributed by atoms with Gasteiger partial charge in [0, 0.05) is 18.1 Å². The van der Waals surface area contributed by atoms with E-state index < -0.39 is 16.0 Å². The van der Waals surface area contributed by atoms with Crippen molar-refractivity contribution in [3.63, 3.8) is 0 Å². The number of rotatable bonds is 5. The lowest BCUT2D eigenvalue weighted by molar-refractivity contribution is 0.0734. The van der Waals surface area contributed by atoms with E-state index in [4.69, 9.17) is 16.3 Å². The van der Waals surface area contributed by atoms with Gasteiger partial charge in [0.2, 0.25) is 10.0 Å². The quantitative estimate of drug-likeness (QED) is 0.598. The highest BCUT2D eigenvalue weighted by Gasteiger charge is 2.24. The van der Waals surface area contributed by atoms with Gasteiger partial charge in [-0.25, -0.2) is 13.2 Å². The van der Waals surface area contributed by atoms with E-state index in [-0.39, 0.29) is 16.5 Å². The molecular formula is C17H18ClNO4S. The monoisotopic (exact) mass is 367 g/mol. The summed E-state index contributed by atoms with van der Waals surface area (Å²) in [5.41, 5.74) is 0.156. The van der Waals surface area contributed by atoms with Crippen LogP contribution in [-0.4, -0.2) is 31.8 Å². The predicted molar refractivity (Wildman–Crippen MR) is 92.9 cm³/mol. The molecule has 2 aromatic carbocycles. The third kappa shape index (κ3) is 4.14. The van der Waals surface area contributed by atoms with Crippen LogP contribution in [-0.2, 0) is 10.0 Å². The minimum absolute atomic E-state index is 0.0456. The molecule has 0 aromatic heterocycles. The summed E-state index contributed by atoms with van der Waals surface area (Å²) in [7, 11) is -2.17. The normalized spacial score (nSPS) is 11.8. The Hall–Kier alpha value is -1.89. The highest BCUT2D eigenvalue weighted by molar-refractivity contribution is 7.89. The van der Waals surface area contributed by atoms with E-state index in [1.54, 1.807) is 38.1 Å². The van der Waals surface area contributed by atoms with Crippen LogP contribution in [0.2, 0.25) is 5.02 Å². The summed E-state index contributed by atoms with van der Waals surface area (Å²) in [6, 6.07) is 11.9. The van der Waals surface area contributed by atoms with Crippen LogP contribution in [0.1, 0.15) is 24.2 Å². The molecule has 0 bridgehead atoms. The number of hydrogen-bond donors (Lipinski definition) is 0. The first-order valence-electron chi connectivity index (χ1n) is 7.27.